The zero-order valence-corrected chi connectivity index (χ0v) is 27.0. The number of nitrogens with zero attached hydrogens (tertiary/aromatic N) is 3. The van der Waals surface area contributed by atoms with Crippen molar-refractivity contribution in [2.75, 3.05) is 0 Å². The van der Waals surface area contributed by atoms with Gasteiger partial charge in [0.15, 0.2) is 17.5 Å². The quantitative estimate of drug-likeness (QED) is 0.188. The smallest absolute Gasteiger partial charge is 0.164 e. The molecule has 2 heterocycles. The Balaban J connectivity index is 1.11. The van der Waals surface area contributed by atoms with Crippen LogP contribution in [0.3, 0.4) is 0 Å². The van der Waals surface area contributed by atoms with Gasteiger partial charge in [-0.3, -0.25) is 0 Å². The van der Waals surface area contributed by atoms with Crippen molar-refractivity contribution >= 4 is 49.1 Å². The predicted molar refractivity (Wildman–Crippen MR) is 205 cm³/mol. The van der Waals surface area contributed by atoms with E-state index in [1.165, 1.54) is 27.3 Å². The first kappa shape index (κ1) is 28.4. The second-order valence-corrected chi connectivity index (χ2v) is 12.8. The third-order valence-electron chi connectivity index (χ3n) is 9.75. The Bertz CT molecular complexity index is 2760. The van der Waals surface area contributed by atoms with Gasteiger partial charge in [-0.25, -0.2) is 15.0 Å². The van der Waals surface area contributed by atoms with Crippen molar-refractivity contribution in [3.8, 4) is 33.9 Å². The van der Waals surface area contributed by atoms with E-state index in [1.54, 1.807) is 0 Å². The fourth-order valence-electron chi connectivity index (χ4n) is 7.29. The summed E-state index contributed by atoms with van der Waals surface area (Å²) in [6.45, 7) is 0. The fraction of sp³-hybridized carbons (Fsp3) is 0.0217. The number of allylic oxidation sites excluding steroid dienone is 4. The minimum Gasteiger partial charge on any atom is -0.455 e. The molecule has 0 amide bonds. The van der Waals surface area contributed by atoms with Crippen LogP contribution >= 0.6 is 0 Å². The number of para-hydroxylation sites is 1. The molecule has 1 unspecified atom stereocenters. The van der Waals surface area contributed by atoms with E-state index in [2.05, 4.69) is 109 Å². The summed E-state index contributed by atoms with van der Waals surface area (Å²) in [5, 5.41) is 6.99. The normalized spacial score (nSPS) is 14.2. The Hall–Kier alpha value is -6.65. The highest BCUT2D eigenvalue weighted by molar-refractivity contribution is 6.19. The molecule has 0 N–H and O–H groups in total. The molecule has 0 aliphatic heterocycles. The highest BCUT2D eigenvalue weighted by Crippen LogP contribution is 2.43. The summed E-state index contributed by atoms with van der Waals surface area (Å²) in [5.41, 5.74) is 8.20. The Labute approximate surface area is 288 Å². The molecule has 10 rings (SSSR count). The number of furan rings is 1. The molecule has 9 aromatic rings. The van der Waals surface area contributed by atoms with E-state index in [0.29, 0.717) is 17.5 Å². The van der Waals surface area contributed by atoms with Crippen LogP contribution in [-0.2, 0) is 0 Å². The highest BCUT2D eigenvalue weighted by atomic mass is 16.3. The Morgan fingerprint density at radius 2 is 1.06 bits per heavy atom. The second kappa shape index (κ2) is 11.5. The van der Waals surface area contributed by atoms with E-state index >= 15 is 0 Å². The molecule has 0 saturated carbocycles. The van der Waals surface area contributed by atoms with Gasteiger partial charge in [0, 0.05) is 44.3 Å². The molecule has 234 valence electrons. The zero-order valence-electron chi connectivity index (χ0n) is 27.0. The molecule has 0 bridgehead atoms. The summed E-state index contributed by atoms with van der Waals surface area (Å²) in [6.07, 6.45) is 6.57. The topological polar surface area (TPSA) is 51.8 Å². The van der Waals surface area contributed by atoms with Gasteiger partial charge in [0.2, 0.25) is 0 Å². The van der Waals surface area contributed by atoms with Gasteiger partial charge >= 0.3 is 0 Å². The van der Waals surface area contributed by atoms with Crippen molar-refractivity contribution in [3.05, 3.63) is 181 Å². The lowest BCUT2D eigenvalue weighted by Gasteiger charge is -2.09. The lowest BCUT2D eigenvalue weighted by molar-refractivity contribution is 0.666. The number of hydrogen-bond acceptors (Lipinski definition) is 4. The number of aromatic nitrogens is 3. The summed E-state index contributed by atoms with van der Waals surface area (Å²) >= 11 is 0. The molecule has 4 nitrogen and oxygen atoms in total. The lowest BCUT2D eigenvalue weighted by atomic mass is 9.93. The number of rotatable bonds is 5. The third-order valence-corrected chi connectivity index (χ3v) is 9.75. The minimum absolute atomic E-state index is 0.00222. The van der Waals surface area contributed by atoms with E-state index in [0.717, 1.165) is 49.6 Å². The average molecular weight is 640 g/mol. The summed E-state index contributed by atoms with van der Waals surface area (Å²) in [4.78, 5) is 14.8. The van der Waals surface area contributed by atoms with Gasteiger partial charge in [0.25, 0.3) is 0 Å². The Morgan fingerprint density at radius 3 is 1.82 bits per heavy atom. The predicted octanol–water partition coefficient (Wildman–Crippen LogP) is 11.8. The molecule has 1 atom stereocenters. The average Bonchev–Trinajstić information content (AvgIpc) is 3.84. The van der Waals surface area contributed by atoms with Gasteiger partial charge in [0.05, 0.1) is 0 Å². The van der Waals surface area contributed by atoms with Crippen LogP contribution in [0.1, 0.15) is 17.3 Å². The van der Waals surface area contributed by atoms with E-state index in [-0.39, 0.29) is 5.92 Å². The third kappa shape index (κ3) is 4.73. The van der Waals surface area contributed by atoms with Gasteiger partial charge in [-0.05, 0) is 39.4 Å². The van der Waals surface area contributed by atoms with Crippen LogP contribution in [0.25, 0.3) is 83.0 Å². The van der Waals surface area contributed by atoms with Crippen LogP contribution in [0, 0.1) is 0 Å². The van der Waals surface area contributed by atoms with Crippen molar-refractivity contribution in [3.63, 3.8) is 0 Å². The number of fused-ring (bicyclic) bond motifs is 6. The molecule has 0 saturated heterocycles. The van der Waals surface area contributed by atoms with Crippen molar-refractivity contribution in [2.24, 2.45) is 0 Å². The van der Waals surface area contributed by atoms with Gasteiger partial charge in [-0.2, -0.15) is 0 Å². The van der Waals surface area contributed by atoms with E-state index < -0.39 is 0 Å². The van der Waals surface area contributed by atoms with Gasteiger partial charge < -0.3 is 4.42 Å². The van der Waals surface area contributed by atoms with Crippen LogP contribution in [0.5, 0.6) is 0 Å². The van der Waals surface area contributed by atoms with Crippen LogP contribution < -0.4 is 0 Å². The lowest BCUT2D eigenvalue weighted by Crippen LogP contribution is -2.02. The van der Waals surface area contributed by atoms with Crippen LogP contribution in [-0.4, -0.2) is 15.0 Å². The largest absolute Gasteiger partial charge is 0.455 e. The van der Waals surface area contributed by atoms with Crippen LogP contribution in [0.15, 0.2) is 174 Å². The molecule has 0 spiro atoms. The molecule has 7 aromatic carbocycles. The molecule has 0 radical (unpaired) electrons. The molecule has 1 aliphatic carbocycles. The molecular weight excluding hydrogens is 611 g/mol. The summed E-state index contributed by atoms with van der Waals surface area (Å²) in [7, 11) is 0. The summed E-state index contributed by atoms with van der Waals surface area (Å²) < 4.78 is 6.86. The first-order valence-corrected chi connectivity index (χ1v) is 16.9. The second-order valence-electron chi connectivity index (χ2n) is 12.8. The van der Waals surface area contributed by atoms with Gasteiger partial charge in [0.1, 0.15) is 11.2 Å². The SMILES string of the molecule is C1=CC(c2cccc3c2oc2c4ccccc4c(-c4ccc5ccccc5c4)cc32)C=C1c1nc(-c2ccccc2)nc(-c2ccccc2)n1. The molecule has 0 fully saturated rings. The molecular formula is C46H29N3O. The van der Waals surface area contributed by atoms with Crippen LogP contribution in [0.2, 0.25) is 0 Å². The first-order valence-electron chi connectivity index (χ1n) is 16.9. The highest BCUT2D eigenvalue weighted by Gasteiger charge is 2.23. The molecule has 2 aromatic heterocycles. The van der Waals surface area contributed by atoms with Crippen molar-refractivity contribution in [2.45, 2.75) is 5.92 Å². The maximum absolute atomic E-state index is 6.86. The number of hydrogen-bond donors (Lipinski definition) is 0. The van der Waals surface area contributed by atoms with Crippen molar-refractivity contribution in [1.29, 1.82) is 0 Å². The van der Waals surface area contributed by atoms with Crippen molar-refractivity contribution in [1.82, 2.24) is 15.0 Å². The van der Waals surface area contributed by atoms with E-state index in [4.69, 9.17) is 19.4 Å². The van der Waals surface area contributed by atoms with E-state index in [9.17, 15) is 0 Å². The van der Waals surface area contributed by atoms with Gasteiger partial charge in [-0.1, -0.05) is 158 Å². The first-order chi connectivity index (χ1) is 24.8. The Morgan fingerprint density at radius 1 is 0.440 bits per heavy atom. The van der Waals surface area contributed by atoms with Crippen LogP contribution in [0.4, 0.5) is 0 Å². The monoisotopic (exact) mass is 639 g/mol. The minimum atomic E-state index is -0.00222. The zero-order chi connectivity index (χ0) is 33.0. The Kier molecular flexibility index (Phi) is 6.53. The summed E-state index contributed by atoms with van der Waals surface area (Å²) in [6, 6.07) is 52.8. The molecule has 4 heteroatoms. The maximum atomic E-state index is 6.86. The molecule has 50 heavy (non-hydrogen) atoms. The summed E-state index contributed by atoms with van der Waals surface area (Å²) in [5.74, 6) is 1.96. The fourth-order valence-corrected chi connectivity index (χ4v) is 7.29. The van der Waals surface area contributed by atoms with E-state index in [1.807, 2.05) is 60.7 Å². The molecule has 1 aliphatic rings. The standard InChI is InChI=1S/C46H29N3O/c1-3-13-30(14-4-1)44-47-45(31-15-5-2-6-16-31)49-46(48-44)35-25-24-33(27-35)36-20-11-21-39-41-28-40(34-23-22-29-12-7-8-17-32(29)26-34)37-18-9-10-19-38(37)43(41)50-42(36)39/h1-28,33H. The maximum Gasteiger partial charge on any atom is 0.164 e. The van der Waals surface area contributed by atoms with Gasteiger partial charge in [-0.15, -0.1) is 0 Å². The number of benzene rings is 7. The van der Waals surface area contributed by atoms with Crippen molar-refractivity contribution < 1.29 is 4.42 Å².